The molecule has 0 unspecified atom stereocenters. The molecule has 27 heavy (non-hydrogen) atoms. The zero-order chi connectivity index (χ0) is 19.9. The second-order valence-electron chi connectivity index (χ2n) is 6.51. The van der Waals surface area contributed by atoms with Gasteiger partial charge in [-0.1, -0.05) is 13.8 Å². The van der Waals surface area contributed by atoms with Crippen LogP contribution in [0.3, 0.4) is 0 Å². The zero-order valence-corrected chi connectivity index (χ0v) is 16.3. The summed E-state index contributed by atoms with van der Waals surface area (Å²) >= 11 is 0. The van der Waals surface area contributed by atoms with Gasteiger partial charge in [-0.15, -0.1) is 0 Å². The van der Waals surface area contributed by atoms with Crippen LogP contribution in [0.2, 0.25) is 0 Å². The van der Waals surface area contributed by atoms with Crippen molar-refractivity contribution in [1.29, 1.82) is 0 Å². The van der Waals surface area contributed by atoms with Crippen molar-refractivity contribution in [2.45, 2.75) is 19.8 Å². The summed E-state index contributed by atoms with van der Waals surface area (Å²) in [6, 6.07) is 4.76. The molecule has 142 valence electrons. The van der Waals surface area contributed by atoms with E-state index >= 15 is 0 Å². The Morgan fingerprint density at radius 2 is 1.33 bits per heavy atom. The van der Waals surface area contributed by atoms with Crippen molar-refractivity contribution in [3.8, 4) is 23.0 Å². The predicted molar refractivity (Wildman–Crippen MR) is 100 cm³/mol. The summed E-state index contributed by atoms with van der Waals surface area (Å²) in [6.45, 7) is 3.95. The van der Waals surface area contributed by atoms with Crippen molar-refractivity contribution < 1.29 is 28.5 Å². The van der Waals surface area contributed by atoms with Crippen LogP contribution in [0.4, 0.5) is 0 Å². The maximum absolute atomic E-state index is 13.4. The van der Waals surface area contributed by atoms with Gasteiger partial charge in [-0.2, -0.15) is 0 Å². The molecule has 0 saturated heterocycles. The minimum atomic E-state index is -0.319. The minimum Gasteiger partial charge on any atom is -0.497 e. The molecule has 1 aliphatic carbocycles. The molecular weight excluding hydrogens is 348 g/mol. The van der Waals surface area contributed by atoms with Crippen LogP contribution in [0.25, 0.3) is 0 Å². The van der Waals surface area contributed by atoms with Gasteiger partial charge in [0, 0.05) is 22.8 Å². The standard InChI is InChI=1S/C21H22O6/c1-10(2)16-15(26-5)9-13-18(21(16)27-6)20(23)17-12(19(13)22)7-11(24-3)8-14(17)25-4/h7-10H,1-6H3. The molecule has 0 saturated carbocycles. The third-order valence-electron chi connectivity index (χ3n) is 4.76. The first-order valence-electron chi connectivity index (χ1n) is 8.53. The molecule has 0 aliphatic heterocycles. The van der Waals surface area contributed by atoms with E-state index in [-0.39, 0.29) is 45.5 Å². The zero-order valence-electron chi connectivity index (χ0n) is 16.3. The first-order chi connectivity index (χ1) is 12.9. The predicted octanol–water partition coefficient (Wildman–Crippen LogP) is 3.62. The lowest BCUT2D eigenvalue weighted by Crippen LogP contribution is -2.24. The fourth-order valence-corrected chi connectivity index (χ4v) is 3.53. The third kappa shape index (κ3) is 2.72. The minimum absolute atomic E-state index is 0.0299. The molecule has 0 amide bonds. The highest BCUT2D eigenvalue weighted by Gasteiger charge is 2.38. The lowest BCUT2D eigenvalue weighted by Gasteiger charge is -2.26. The highest BCUT2D eigenvalue weighted by atomic mass is 16.5. The third-order valence-corrected chi connectivity index (χ3v) is 4.76. The number of methoxy groups -OCH3 is 4. The summed E-state index contributed by atoms with van der Waals surface area (Å²) in [7, 11) is 5.96. The second-order valence-corrected chi connectivity index (χ2v) is 6.51. The molecule has 6 nitrogen and oxygen atoms in total. The van der Waals surface area contributed by atoms with Crippen LogP contribution in [0.1, 0.15) is 57.2 Å². The molecule has 2 aromatic carbocycles. The summed E-state index contributed by atoms with van der Waals surface area (Å²) in [4.78, 5) is 26.6. The Hall–Kier alpha value is -3.02. The van der Waals surface area contributed by atoms with E-state index in [2.05, 4.69) is 0 Å². The van der Waals surface area contributed by atoms with Crippen molar-refractivity contribution in [2.24, 2.45) is 0 Å². The van der Waals surface area contributed by atoms with E-state index < -0.39 is 0 Å². The van der Waals surface area contributed by atoms with E-state index in [1.54, 1.807) is 18.2 Å². The van der Waals surface area contributed by atoms with E-state index in [9.17, 15) is 9.59 Å². The molecule has 2 aromatic rings. The van der Waals surface area contributed by atoms with Gasteiger partial charge in [0.15, 0.2) is 5.78 Å². The summed E-state index contributed by atoms with van der Waals surface area (Å²) < 4.78 is 21.7. The maximum Gasteiger partial charge on any atom is 0.202 e. The van der Waals surface area contributed by atoms with Gasteiger partial charge in [-0.05, 0) is 18.1 Å². The number of hydrogen-bond donors (Lipinski definition) is 0. The quantitative estimate of drug-likeness (QED) is 0.683. The highest BCUT2D eigenvalue weighted by Crippen LogP contribution is 2.45. The van der Waals surface area contributed by atoms with E-state index in [0.29, 0.717) is 17.2 Å². The summed E-state index contributed by atoms with van der Waals surface area (Å²) in [5.41, 5.74) is 1.69. The van der Waals surface area contributed by atoms with Crippen LogP contribution < -0.4 is 18.9 Å². The Kier molecular flexibility index (Phi) is 4.83. The number of rotatable bonds is 5. The van der Waals surface area contributed by atoms with Crippen LogP contribution in [0, 0.1) is 0 Å². The van der Waals surface area contributed by atoms with Crippen molar-refractivity contribution in [3.05, 3.63) is 46.0 Å². The van der Waals surface area contributed by atoms with Gasteiger partial charge in [-0.25, -0.2) is 0 Å². The molecular formula is C21H22O6. The molecule has 3 rings (SSSR count). The molecule has 0 atom stereocenters. The lowest BCUT2D eigenvalue weighted by atomic mass is 9.80. The van der Waals surface area contributed by atoms with Crippen molar-refractivity contribution >= 4 is 11.6 Å². The smallest absolute Gasteiger partial charge is 0.202 e. The second kappa shape index (κ2) is 6.95. The molecule has 0 bridgehead atoms. The number of fused-ring (bicyclic) bond motifs is 2. The largest absolute Gasteiger partial charge is 0.497 e. The van der Waals surface area contributed by atoms with Crippen LogP contribution in [0.5, 0.6) is 23.0 Å². The Morgan fingerprint density at radius 3 is 1.85 bits per heavy atom. The van der Waals surface area contributed by atoms with E-state index in [1.165, 1.54) is 28.4 Å². The SMILES string of the molecule is COc1cc(OC)c2c(c1)C(=O)c1cc(OC)c(C(C)C)c(OC)c1C2=O. The van der Waals surface area contributed by atoms with Gasteiger partial charge in [0.2, 0.25) is 5.78 Å². The fraction of sp³-hybridized carbons (Fsp3) is 0.333. The monoisotopic (exact) mass is 370 g/mol. The first kappa shape index (κ1) is 18.8. The molecule has 0 N–H and O–H groups in total. The van der Waals surface area contributed by atoms with Gasteiger partial charge in [-0.3, -0.25) is 9.59 Å². The molecule has 0 aromatic heterocycles. The van der Waals surface area contributed by atoms with Crippen LogP contribution in [-0.4, -0.2) is 40.0 Å². The molecule has 0 spiro atoms. The molecule has 1 aliphatic rings. The topological polar surface area (TPSA) is 71.1 Å². The van der Waals surface area contributed by atoms with E-state index in [1.807, 2.05) is 13.8 Å². The maximum atomic E-state index is 13.4. The van der Waals surface area contributed by atoms with Crippen molar-refractivity contribution in [3.63, 3.8) is 0 Å². The highest BCUT2D eigenvalue weighted by molar-refractivity contribution is 6.30. The number of benzene rings is 2. The number of ketones is 2. The van der Waals surface area contributed by atoms with Gasteiger partial charge >= 0.3 is 0 Å². The van der Waals surface area contributed by atoms with E-state index in [4.69, 9.17) is 18.9 Å². The fourth-order valence-electron chi connectivity index (χ4n) is 3.53. The van der Waals surface area contributed by atoms with E-state index in [0.717, 1.165) is 5.56 Å². The summed E-state index contributed by atoms with van der Waals surface area (Å²) in [6.07, 6.45) is 0. The number of carbonyl (C=O) groups excluding carboxylic acids is 2. The molecule has 0 radical (unpaired) electrons. The van der Waals surface area contributed by atoms with Crippen LogP contribution >= 0.6 is 0 Å². The Bertz CT molecular complexity index is 942. The summed E-state index contributed by atoms with van der Waals surface area (Å²) in [5, 5.41) is 0. The molecule has 6 heteroatoms. The average Bonchev–Trinajstić information content (AvgIpc) is 2.68. The van der Waals surface area contributed by atoms with Crippen LogP contribution in [-0.2, 0) is 0 Å². The average molecular weight is 370 g/mol. The molecule has 0 fully saturated rings. The number of carbonyl (C=O) groups is 2. The normalized spacial score (nSPS) is 12.6. The first-order valence-corrected chi connectivity index (χ1v) is 8.53. The Morgan fingerprint density at radius 1 is 0.704 bits per heavy atom. The molecule has 0 heterocycles. The van der Waals surface area contributed by atoms with Crippen LogP contribution in [0.15, 0.2) is 18.2 Å². The van der Waals surface area contributed by atoms with Gasteiger partial charge < -0.3 is 18.9 Å². The van der Waals surface area contributed by atoms with Crippen molar-refractivity contribution in [2.75, 3.05) is 28.4 Å². The summed E-state index contributed by atoms with van der Waals surface area (Å²) in [5.74, 6) is 1.01. The van der Waals surface area contributed by atoms with Gasteiger partial charge in [0.1, 0.15) is 23.0 Å². The number of ether oxygens (including phenoxy) is 4. The Balaban J connectivity index is 2.40. The lowest BCUT2D eigenvalue weighted by molar-refractivity contribution is 0.0973. The van der Waals surface area contributed by atoms with Crippen molar-refractivity contribution in [1.82, 2.24) is 0 Å². The number of hydrogen-bond acceptors (Lipinski definition) is 6. The Labute approximate surface area is 158 Å². The van der Waals surface area contributed by atoms with Gasteiger partial charge in [0.05, 0.1) is 39.6 Å². The van der Waals surface area contributed by atoms with Gasteiger partial charge in [0.25, 0.3) is 0 Å².